The molecule has 0 radical (unpaired) electrons. The zero-order chi connectivity index (χ0) is 15.9. The van der Waals surface area contributed by atoms with Crippen LogP contribution in [0, 0.1) is 0 Å². The van der Waals surface area contributed by atoms with Crippen molar-refractivity contribution < 1.29 is 19.4 Å². The summed E-state index contributed by atoms with van der Waals surface area (Å²) in [4.78, 5) is 24.3. The van der Waals surface area contributed by atoms with Gasteiger partial charge in [-0.1, -0.05) is 30.3 Å². The Kier molecular flexibility index (Phi) is 6.31. The van der Waals surface area contributed by atoms with Gasteiger partial charge < -0.3 is 9.84 Å². The quantitative estimate of drug-likeness (QED) is 0.379. The van der Waals surface area contributed by atoms with E-state index in [9.17, 15) is 9.59 Å². The van der Waals surface area contributed by atoms with Crippen LogP contribution in [0.3, 0.4) is 0 Å². The van der Waals surface area contributed by atoms with Gasteiger partial charge in [-0.3, -0.25) is 4.79 Å². The van der Waals surface area contributed by atoms with Crippen LogP contribution in [0.5, 0.6) is 0 Å². The van der Waals surface area contributed by atoms with Crippen molar-refractivity contribution in [2.45, 2.75) is 39.2 Å². The summed E-state index contributed by atoms with van der Waals surface area (Å²) in [5, 5.41) is 8.82. The van der Waals surface area contributed by atoms with Crippen LogP contribution in [-0.4, -0.2) is 29.1 Å². The fraction of sp³-hybridized carbons (Fsp3) is 0.412. The van der Waals surface area contributed by atoms with Crippen LogP contribution in [0.2, 0.25) is 0 Å². The van der Waals surface area contributed by atoms with Gasteiger partial charge in [-0.25, -0.2) is 4.79 Å². The molecule has 1 aromatic carbocycles. The van der Waals surface area contributed by atoms with Gasteiger partial charge in [0.2, 0.25) is 0 Å². The number of ketones is 1. The topological polar surface area (TPSA) is 63.6 Å². The Hall–Kier alpha value is -1.94. The van der Waals surface area contributed by atoms with Crippen molar-refractivity contribution in [2.75, 3.05) is 6.61 Å². The number of ether oxygens (including phenoxy) is 1. The Morgan fingerprint density at radius 2 is 1.81 bits per heavy atom. The third kappa shape index (κ3) is 6.36. The van der Waals surface area contributed by atoms with E-state index in [0.717, 1.165) is 5.56 Å². The number of aliphatic hydroxyl groups is 1. The largest absolute Gasteiger partial charge is 0.456 e. The van der Waals surface area contributed by atoms with Gasteiger partial charge in [-0.15, -0.1) is 0 Å². The molecule has 1 rings (SSSR count). The first-order valence-electron chi connectivity index (χ1n) is 6.97. The maximum Gasteiger partial charge on any atom is 0.342 e. The van der Waals surface area contributed by atoms with Gasteiger partial charge in [0.15, 0.2) is 5.78 Å². The lowest BCUT2D eigenvalue weighted by Crippen LogP contribution is -2.27. The van der Waals surface area contributed by atoms with E-state index in [1.807, 2.05) is 30.3 Å². The number of benzene rings is 1. The lowest BCUT2D eigenvalue weighted by Gasteiger charge is -2.20. The van der Waals surface area contributed by atoms with E-state index in [0.29, 0.717) is 6.42 Å². The summed E-state index contributed by atoms with van der Waals surface area (Å²) in [7, 11) is 0. The van der Waals surface area contributed by atoms with E-state index in [1.165, 1.54) is 6.08 Å². The predicted molar refractivity (Wildman–Crippen MR) is 81.6 cm³/mol. The summed E-state index contributed by atoms with van der Waals surface area (Å²) in [5.74, 6) is -0.948. The smallest absolute Gasteiger partial charge is 0.342 e. The zero-order valence-electron chi connectivity index (χ0n) is 12.8. The molecule has 0 amide bonds. The fourth-order valence-electron chi connectivity index (χ4n) is 1.68. The summed E-state index contributed by atoms with van der Waals surface area (Å²) >= 11 is 0. The molecule has 1 N–H and O–H groups in total. The first-order chi connectivity index (χ1) is 9.83. The van der Waals surface area contributed by atoms with Crippen molar-refractivity contribution in [1.82, 2.24) is 0 Å². The van der Waals surface area contributed by atoms with E-state index >= 15 is 0 Å². The van der Waals surface area contributed by atoms with Crippen molar-refractivity contribution in [2.24, 2.45) is 0 Å². The molecule has 4 nitrogen and oxygen atoms in total. The first-order valence-corrected chi connectivity index (χ1v) is 6.97. The summed E-state index contributed by atoms with van der Waals surface area (Å²) in [6.07, 6.45) is 1.98. The number of esters is 1. The average Bonchev–Trinajstić information content (AvgIpc) is 2.41. The van der Waals surface area contributed by atoms with E-state index in [-0.39, 0.29) is 24.4 Å². The second kappa shape index (κ2) is 7.74. The van der Waals surface area contributed by atoms with E-state index in [1.54, 1.807) is 20.8 Å². The molecule has 0 fully saturated rings. The number of carbonyl (C=O) groups excluding carboxylic acids is 2. The van der Waals surface area contributed by atoms with Crippen molar-refractivity contribution in [3.05, 3.63) is 41.5 Å². The van der Waals surface area contributed by atoms with Crippen molar-refractivity contribution in [3.63, 3.8) is 0 Å². The van der Waals surface area contributed by atoms with E-state index in [4.69, 9.17) is 9.84 Å². The lowest BCUT2D eigenvalue weighted by molar-refractivity contribution is -0.150. The summed E-state index contributed by atoms with van der Waals surface area (Å²) in [6, 6.07) is 9.14. The van der Waals surface area contributed by atoms with E-state index in [2.05, 4.69) is 0 Å². The second-order valence-corrected chi connectivity index (χ2v) is 5.72. The molecule has 0 bridgehead atoms. The predicted octanol–water partition coefficient (Wildman–Crippen LogP) is 2.75. The van der Waals surface area contributed by atoms with Crippen LogP contribution in [0.25, 0.3) is 6.08 Å². The average molecular weight is 290 g/mol. The molecule has 0 saturated heterocycles. The third-order valence-corrected chi connectivity index (χ3v) is 2.59. The highest BCUT2D eigenvalue weighted by molar-refractivity contribution is 6.20. The van der Waals surface area contributed by atoms with Crippen molar-refractivity contribution >= 4 is 17.8 Å². The fourth-order valence-corrected chi connectivity index (χ4v) is 1.68. The molecule has 0 unspecified atom stereocenters. The summed E-state index contributed by atoms with van der Waals surface area (Å²) < 4.78 is 5.28. The van der Waals surface area contributed by atoms with Crippen molar-refractivity contribution in [3.8, 4) is 0 Å². The third-order valence-electron chi connectivity index (χ3n) is 2.59. The van der Waals surface area contributed by atoms with Crippen LogP contribution in [0.4, 0.5) is 0 Å². The maximum atomic E-state index is 12.2. The first kappa shape index (κ1) is 17.1. The monoisotopic (exact) mass is 290 g/mol. The minimum Gasteiger partial charge on any atom is -0.456 e. The van der Waals surface area contributed by atoms with Gasteiger partial charge in [0.05, 0.1) is 0 Å². The molecule has 0 spiro atoms. The number of hydrogen-bond donors (Lipinski definition) is 1. The Morgan fingerprint density at radius 1 is 1.19 bits per heavy atom. The minimum absolute atomic E-state index is 0.0181. The Labute approximate surface area is 125 Å². The van der Waals surface area contributed by atoms with Gasteiger partial charge in [-0.2, -0.15) is 0 Å². The van der Waals surface area contributed by atoms with Gasteiger partial charge in [0.25, 0.3) is 0 Å². The van der Waals surface area contributed by atoms with Gasteiger partial charge in [0, 0.05) is 13.0 Å². The standard InChI is InChI=1S/C17H22O4/c1-17(2,3)21-16(20)14(15(19)10-7-11-18)12-13-8-5-4-6-9-13/h4-6,8-9,12,18H,7,10-11H2,1-3H3/b14-12-. The molecule has 114 valence electrons. The lowest BCUT2D eigenvalue weighted by atomic mass is 10.0. The Balaban J connectivity index is 3.02. The van der Waals surface area contributed by atoms with Crippen LogP contribution in [0.15, 0.2) is 35.9 Å². The van der Waals surface area contributed by atoms with Crippen LogP contribution < -0.4 is 0 Å². The SMILES string of the molecule is CC(C)(C)OC(=O)/C(=C\c1ccccc1)C(=O)CCCO. The van der Waals surface area contributed by atoms with Crippen LogP contribution in [-0.2, 0) is 14.3 Å². The summed E-state index contributed by atoms with van der Waals surface area (Å²) in [6.45, 7) is 5.17. The molecule has 0 aliphatic carbocycles. The van der Waals surface area contributed by atoms with E-state index < -0.39 is 11.6 Å². The number of carbonyl (C=O) groups is 2. The normalized spacial score (nSPS) is 12.1. The molecule has 4 heteroatoms. The van der Waals surface area contributed by atoms with Crippen molar-refractivity contribution in [1.29, 1.82) is 0 Å². The zero-order valence-corrected chi connectivity index (χ0v) is 12.8. The second-order valence-electron chi connectivity index (χ2n) is 5.72. The molecular formula is C17H22O4. The van der Waals surface area contributed by atoms with Crippen LogP contribution in [0.1, 0.15) is 39.2 Å². The minimum atomic E-state index is -0.663. The highest BCUT2D eigenvalue weighted by atomic mass is 16.6. The summed E-state index contributed by atoms with van der Waals surface area (Å²) in [5.41, 5.74) is 0.115. The Morgan fingerprint density at radius 3 is 2.33 bits per heavy atom. The van der Waals surface area contributed by atoms with Gasteiger partial charge in [0.1, 0.15) is 11.2 Å². The molecule has 0 aliphatic rings. The molecule has 0 aliphatic heterocycles. The highest BCUT2D eigenvalue weighted by Gasteiger charge is 2.24. The number of aliphatic hydroxyl groups excluding tert-OH is 1. The highest BCUT2D eigenvalue weighted by Crippen LogP contribution is 2.16. The molecule has 0 atom stereocenters. The maximum absolute atomic E-state index is 12.2. The molecule has 1 aromatic rings. The van der Waals surface area contributed by atoms with Crippen LogP contribution >= 0.6 is 0 Å². The molecule has 0 heterocycles. The molecule has 0 aromatic heterocycles. The van der Waals surface area contributed by atoms with Gasteiger partial charge >= 0.3 is 5.97 Å². The number of Topliss-reactive ketones (excluding diaryl/α,β-unsaturated/α-hetero) is 1. The number of rotatable bonds is 6. The van der Waals surface area contributed by atoms with Gasteiger partial charge in [-0.05, 0) is 38.8 Å². The molecule has 0 saturated carbocycles. The Bertz CT molecular complexity index is 509. The molecular weight excluding hydrogens is 268 g/mol. The number of hydrogen-bond acceptors (Lipinski definition) is 4. The molecule has 21 heavy (non-hydrogen) atoms.